The third-order valence-corrected chi connectivity index (χ3v) is 3.00. The Balaban J connectivity index is 2.22. The molecule has 17 heavy (non-hydrogen) atoms. The molecule has 1 heterocycles. The van der Waals surface area contributed by atoms with Crippen LogP contribution in [-0.2, 0) is 6.42 Å². The Kier molecular flexibility index (Phi) is 3.58. The van der Waals surface area contributed by atoms with Crippen molar-refractivity contribution in [2.45, 2.75) is 6.42 Å². The fourth-order valence-electron chi connectivity index (χ4n) is 1.40. The van der Waals surface area contributed by atoms with E-state index in [4.69, 9.17) is 0 Å². The summed E-state index contributed by atoms with van der Waals surface area (Å²) in [4.78, 5) is 19.4. The quantitative estimate of drug-likeness (QED) is 0.818. The number of hydrogen-bond donors (Lipinski definition) is 0. The van der Waals surface area contributed by atoms with E-state index in [1.54, 1.807) is 6.07 Å². The summed E-state index contributed by atoms with van der Waals surface area (Å²) in [5.41, 5.74) is 0.935. The van der Waals surface area contributed by atoms with Crippen molar-refractivity contribution in [1.82, 2.24) is 9.97 Å². The van der Waals surface area contributed by atoms with Crippen LogP contribution in [0.3, 0.4) is 0 Å². The van der Waals surface area contributed by atoms with E-state index in [9.17, 15) is 9.18 Å². The number of Topliss-reactive ketones (excluding diaryl/α,β-unsaturated/α-hetero) is 1. The molecule has 0 aliphatic heterocycles. The summed E-state index contributed by atoms with van der Waals surface area (Å²) in [6.45, 7) is 0. The molecule has 1 aromatic carbocycles. The molecule has 0 amide bonds. The van der Waals surface area contributed by atoms with Crippen LogP contribution in [0.1, 0.15) is 16.1 Å². The first-order valence-corrected chi connectivity index (χ1v) is 5.69. The summed E-state index contributed by atoms with van der Waals surface area (Å²) >= 11 is 3.28. The molecule has 0 bridgehead atoms. The molecule has 0 saturated heterocycles. The van der Waals surface area contributed by atoms with E-state index in [1.807, 2.05) is 0 Å². The van der Waals surface area contributed by atoms with Gasteiger partial charge in [0.2, 0.25) is 0 Å². The maximum absolute atomic E-state index is 13.0. The van der Waals surface area contributed by atoms with Crippen LogP contribution < -0.4 is 0 Å². The molecule has 0 unspecified atom stereocenters. The van der Waals surface area contributed by atoms with Crippen molar-refractivity contribution in [3.63, 3.8) is 0 Å². The van der Waals surface area contributed by atoms with E-state index >= 15 is 0 Å². The summed E-state index contributed by atoms with van der Waals surface area (Å²) in [6, 6.07) is 5.79. The Morgan fingerprint density at radius 2 is 2.18 bits per heavy atom. The number of carbonyl (C=O) groups excluding carboxylic acids is 1. The molecule has 2 aromatic rings. The Labute approximate surface area is 106 Å². The van der Waals surface area contributed by atoms with Crippen LogP contribution in [0.5, 0.6) is 0 Å². The largest absolute Gasteiger partial charge is 0.292 e. The summed E-state index contributed by atoms with van der Waals surface area (Å²) in [5.74, 6) is -0.530. The highest BCUT2D eigenvalue weighted by molar-refractivity contribution is 9.10. The Morgan fingerprint density at radius 3 is 2.88 bits per heavy atom. The first-order valence-electron chi connectivity index (χ1n) is 4.90. The predicted octanol–water partition coefficient (Wildman–Crippen LogP) is 2.80. The fourth-order valence-corrected chi connectivity index (χ4v) is 1.78. The zero-order valence-electron chi connectivity index (χ0n) is 8.73. The molecule has 0 aliphatic rings. The number of carbonyl (C=O) groups is 1. The van der Waals surface area contributed by atoms with Gasteiger partial charge in [-0.3, -0.25) is 4.79 Å². The van der Waals surface area contributed by atoms with E-state index in [0.717, 1.165) is 0 Å². The smallest absolute Gasteiger partial charge is 0.185 e. The standard InChI is InChI=1S/C12H8BrFN2O/c13-10-2-1-9(14)5-8(10)6-12(17)11-3-4-15-7-16-11/h1-5,7H,6H2. The zero-order valence-corrected chi connectivity index (χ0v) is 10.3. The van der Waals surface area contributed by atoms with Crippen molar-refractivity contribution in [1.29, 1.82) is 0 Å². The number of benzene rings is 1. The second-order valence-corrected chi connectivity index (χ2v) is 4.28. The van der Waals surface area contributed by atoms with Crippen molar-refractivity contribution in [2.24, 2.45) is 0 Å². The minimum Gasteiger partial charge on any atom is -0.292 e. The van der Waals surface area contributed by atoms with Gasteiger partial charge in [0.05, 0.1) is 0 Å². The monoisotopic (exact) mass is 294 g/mol. The summed E-state index contributed by atoms with van der Waals surface area (Å²) in [7, 11) is 0. The molecule has 2 rings (SSSR count). The number of rotatable bonds is 3. The molecular formula is C12H8BrFN2O. The van der Waals surface area contributed by atoms with E-state index in [2.05, 4.69) is 25.9 Å². The molecule has 5 heteroatoms. The number of halogens is 2. The predicted molar refractivity (Wildman–Crippen MR) is 64.2 cm³/mol. The second-order valence-electron chi connectivity index (χ2n) is 3.43. The first-order chi connectivity index (χ1) is 8.16. The number of hydrogen-bond acceptors (Lipinski definition) is 3. The molecule has 0 N–H and O–H groups in total. The lowest BCUT2D eigenvalue weighted by molar-refractivity contribution is 0.0988. The highest BCUT2D eigenvalue weighted by Crippen LogP contribution is 2.19. The number of ketones is 1. The molecular weight excluding hydrogens is 287 g/mol. The number of nitrogens with zero attached hydrogens (tertiary/aromatic N) is 2. The third-order valence-electron chi connectivity index (χ3n) is 2.23. The van der Waals surface area contributed by atoms with E-state index < -0.39 is 0 Å². The lowest BCUT2D eigenvalue weighted by Gasteiger charge is -2.03. The van der Waals surface area contributed by atoms with Gasteiger partial charge in [-0.05, 0) is 29.8 Å². The molecule has 0 aliphatic carbocycles. The van der Waals surface area contributed by atoms with Crippen LogP contribution in [0, 0.1) is 5.82 Å². The number of aromatic nitrogens is 2. The van der Waals surface area contributed by atoms with Gasteiger partial charge in [0.1, 0.15) is 17.8 Å². The zero-order chi connectivity index (χ0) is 12.3. The van der Waals surface area contributed by atoms with Gasteiger partial charge in [0.25, 0.3) is 0 Å². The van der Waals surface area contributed by atoms with Crippen LogP contribution in [0.25, 0.3) is 0 Å². The van der Waals surface area contributed by atoms with Gasteiger partial charge in [-0.2, -0.15) is 0 Å². The molecule has 0 radical (unpaired) electrons. The van der Waals surface area contributed by atoms with Crippen molar-refractivity contribution in [3.8, 4) is 0 Å². The van der Waals surface area contributed by atoms with E-state index in [1.165, 1.54) is 30.7 Å². The van der Waals surface area contributed by atoms with Gasteiger partial charge >= 0.3 is 0 Å². The minimum absolute atomic E-state index is 0.107. The van der Waals surface area contributed by atoms with Crippen LogP contribution in [0.15, 0.2) is 41.3 Å². The van der Waals surface area contributed by atoms with Gasteiger partial charge in [-0.1, -0.05) is 15.9 Å². The highest BCUT2D eigenvalue weighted by Gasteiger charge is 2.11. The molecule has 86 valence electrons. The molecule has 3 nitrogen and oxygen atoms in total. The van der Waals surface area contributed by atoms with Crippen LogP contribution in [0.2, 0.25) is 0 Å². The second kappa shape index (κ2) is 5.14. The molecule has 0 spiro atoms. The van der Waals surface area contributed by atoms with Gasteiger partial charge in [0.15, 0.2) is 5.78 Å². The van der Waals surface area contributed by atoms with Gasteiger partial charge in [-0.25, -0.2) is 14.4 Å². The van der Waals surface area contributed by atoms with E-state index in [0.29, 0.717) is 15.7 Å². The average Bonchev–Trinajstić information content (AvgIpc) is 2.35. The fraction of sp³-hybridized carbons (Fsp3) is 0.0833. The van der Waals surface area contributed by atoms with E-state index in [-0.39, 0.29) is 18.0 Å². The maximum Gasteiger partial charge on any atom is 0.185 e. The van der Waals surface area contributed by atoms with Crippen LogP contribution in [-0.4, -0.2) is 15.8 Å². The molecule has 0 fully saturated rings. The van der Waals surface area contributed by atoms with Gasteiger partial charge in [-0.15, -0.1) is 0 Å². The maximum atomic E-state index is 13.0. The first kappa shape index (κ1) is 11.9. The third kappa shape index (κ3) is 2.94. The Morgan fingerprint density at radius 1 is 1.35 bits per heavy atom. The van der Waals surface area contributed by atoms with Gasteiger partial charge < -0.3 is 0 Å². The average molecular weight is 295 g/mol. The van der Waals surface area contributed by atoms with Crippen molar-refractivity contribution < 1.29 is 9.18 Å². The Hall–Kier alpha value is -1.62. The van der Waals surface area contributed by atoms with Crippen molar-refractivity contribution in [3.05, 3.63) is 58.3 Å². The Bertz CT molecular complexity index is 545. The summed E-state index contributed by atoms with van der Waals surface area (Å²) in [5, 5.41) is 0. The normalized spacial score (nSPS) is 10.2. The van der Waals surface area contributed by atoms with Gasteiger partial charge in [0, 0.05) is 17.1 Å². The topological polar surface area (TPSA) is 42.9 Å². The van der Waals surface area contributed by atoms with Crippen molar-refractivity contribution >= 4 is 21.7 Å². The highest BCUT2D eigenvalue weighted by atomic mass is 79.9. The van der Waals surface area contributed by atoms with Crippen LogP contribution >= 0.6 is 15.9 Å². The summed E-state index contributed by atoms with van der Waals surface area (Å²) in [6.07, 6.45) is 2.92. The SMILES string of the molecule is O=C(Cc1cc(F)ccc1Br)c1ccncn1. The molecule has 0 atom stereocenters. The lowest BCUT2D eigenvalue weighted by Crippen LogP contribution is -2.06. The molecule has 1 aromatic heterocycles. The minimum atomic E-state index is -0.362. The summed E-state index contributed by atoms with van der Waals surface area (Å²) < 4.78 is 13.8. The lowest BCUT2D eigenvalue weighted by atomic mass is 10.1. The van der Waals surface area contributed by atoms with Crippen molar-refractivity contribution in [2.75, 3.05) is 0 Å². The molecule has 0 saturated carbocycles. The van der Waals surface area contributed by atoms with Crippen LogP contribution in [0.4, 0.5) is 4.39 Å².